The Morgan fingerprint density at radius 3 is 1.41 bits per heavy atom. The van der Waals surface area contributed by atoms with E-state index in [1.807, 2.05) is 18.2 Å². The molecular formula is C23H19ClO2S. The van der Waals surface area contributed by atoms with Gasteiger partial charge in [-0.1, -0.05) is 72.8 Å². The lowest BCUT2D eigenvalue weighted by atomic mass is 9.84. The molecule has 0 amide bonds. The molecule has 0 radical (unpaired) electrons. The number of benzene rings is 2. The predicted octanol–water partition coefficient (Wildman–Crippen LogP) is 2.38. The van der Waals surface area contributed by atoms with Crippen LogP contribution in [0, 0.1) is 6.92 Å². The fourth-order valence-corrected chi connectivity index (χ4v) is 3.28. The minimum absolute atomic E-state index is 0. The van der Waals surface area contributed by atoms with Gasteiger partial charge in [-0.05, 0) is 23.5 Å². The van der Waals surface area contributed by atoms with E-state index in [2.05, 4.69) is 30.5 Å². The molecule has 4 rings (SSSR count). The number of hydrogen-bond donors (Lipinski definition) is 0. The van der Waals surface area contributed by atoms with Crippen LogP contribution >= 0.6 is 11.3 Å². The molecule has 0 spiro atoms. The summed E-state index contributed by atoms with van der Waals surface area (Å²) in [5.41, 5.74) is 2.02. The van der Waals surface area contributed by atoms with Crippen molar-refractivity contribution in [1.82, 2.24) is 0 Å². The first-order chi connectivity index (χ1) is 12.7. The van der Waals surface area contributed by atoms with Crippen LogP contribution in [0.2, 0.25) is 0 Å². The Kier molecular flexibility index (Phi) is 7.47. The van der Waals surface area contributed by atoms with Crippen LogP contribution < -0.4 is 12.4 Å². The number of carbonyl (C=O) groups excluding carboxylic acids is 2. The molecule has 3 aromatic rings. The van der Waals surface area contributed by atoms with Gasteiger partial charge in [0.25, 0.3) is 0 Å². The Balaban J connectivity index is 0.000000208. The summed E-state index contributed by atoms with van der Waals surface area (Å²) in [5, 5.41) is 2.13. The molecule has 136 valence electrons. The van der Waals surface area contributed by atoms with Gasteiger partial charge in [-0.25, -0.2) is 0 Å². The zero-order valence-electron chi connectivity index (χ0n) is 14.8. The van der Waals surface area contributed by atoms with Gasteiger partial charge in [-0.3, -0.25) is 9.59 Å². The van der Waals surface area contributed by atoms with E-state index in [9.17, 15) is 9.59 Å². The van der Waals surface area contributed by atoms with E-state index in [0.29, 0.717) is 22.3 Å². The van der Waals surface area contributed by atoms with Crippen molar-refractivity contribution in [2.24, 2.45) is 0 Å². The summed E-state index contributed by atoms with van der Waals surface area (Å²) in [7, 11) is 0. The van der Waals surface area contributed by atoms with Crippen LogP contribution in [0.5, 0.6) is 0 Å². The number of rotatable bonds is 0. The topological polar surface area (TPSA) is 34.1 Å². The van der Waals surface area contributed by atoms with E-state index >= 15 is 0 Å². The highest BCUT2D eigenvalue weighted by Crippen LogP contribution is 2.26. The first-order valence-electron chi connectivity index (χ1n) is 8.33. The van der Waals surface area contributed by atoms with Crippen LogP contribution in [0.4, 0.5) is 0 Å². The van der Waals surface area contributed by atoms with Crippen molar-refractivity contribution in [3.8, 4) is 0 Å². The Morgan fingerprint density at radius 2 is 0.926 bits per heavy atom. The number of halogens is 1. The van der Waals surface area contributed by atoms with E-state index in [1.54, 1.807) is 48.5 Å². The van der Waals surface area contributed by atoms with Gasteiger partial charge in [0, 0.05) is 29.2 Å². The Morgan fingerprint density at radius 1 is 0.556 bits per heavy atom. The first kappa shape index (κ1) is 20.6. The third kappa shape index (κ3) is 4.91. The van der Waals surface area contributed by atoms with Crippen LogP contribution in [-0.4, -0.2) is 11.6 Å². The Bertz CT molecular complexity index is 877. The number of fused-ring (bicyclic) bond motifs is 2. The van der Waals surface area contributed by atoms with Crippen molar-refractivity contribution in [2.45, 2.75) is 6.92 Å². The summed E-state index contributed by atoms with van der Waals surface area (Å²) in [6, 6.07) is 26.3. The molecule has 1 aliphatic rings. The molecule has 0 aliphatic heterocycles. The van der Waals surface area contributed by atoms with Gasteiger partial charge >= 0.3 is 0 Å². The molecule has 1 heterocycles. The van der Waals surface area contributed by atoms with Crippen molar-refractivity contribution >= 4 is 22.9 Å². The number of carbonyl (C=O) groups is 2. The van der Waals surface area contributed by atoms with E-state index in [1.165, 1.54) is 16.2 Å². The molecule has 0 saturated heterocycles. The van der Waals surface area contributed by atoms with Gasteiger partial charge in [0.1, 0.15) is 10.3 Å². The number of ketones is 2. The summed E-state index contributed by atoms with van der Waals surface area (Å²) in [6.45, 7) is 2.13. The SMILES string of the molecule is Cc1ccccccc[sH+]1.O=C1c2ccccc2C(=O)c2ccccc21.[Cl-]. The standard InChI is InChI=1S/C14H8O2.C9H10S.ClH/c15-13-9-5-1-2-6-10(9)14(16)12-8-4-3-7-11(12)13;1-9-7-5-3-2-4-6-8-10-9;/h1-8H;2-8H,1H3;1H. The van der Waals surface area contributed by atoms with Crippen LogP contribution in [0.15, 0.2) is 90.3 Å². The Labute approximate surface area is 169 Å². The second-order valence-corrected chi connectivity index (χ2v) is 7.06. The molecule has 27 heavy (non-hydrogen) atoms. The number of aryl methyl sites for hydroxylation is 1. The largest absolute Gasteiger partial charge is 1.00 e. The zero-order chi connectivity index (χ0) is 18.4. The summed E-state index contributed by atoms with van der Waals surface area (Å²) in [4.78, 5) is 25.6. The van der Waals surface area contributed by atoms with E-state index < -0.39 is 0 Å². The van der Waals surface area contributed by atoms with Crippen LogP contribution in [0.25, 0.3) is 0 Å². The van der Waals surface area contributed by atoms with E-state index in [4.69, 9.17) is 0 Å². The molecule has 0 fully saturated rings. The van der Waals surface area contributed by atoms with Gasteiger partial charge in [0.05, 0.1) is 0 Å². The average Bonchev–Trinajstić information content (AvgIpc) is 2.80. The van der Waals surface area contributed by atoms with Gasteiger partial charge in [-0.15, -0.1) is 0 Å². The number of hydrogen-bond acceptors (Lipinski definition) is 2. The van der Waals surface area contributed by atoms with E-state index in [0.717, 1.165) is 0 Å². The highest BCUT2D eigenvalue weighted by molar-refractivity contribution is 7.09. The molecule has 0 atom stereocenters. The lowest BCUT2D eigenvalue weighted by Crippen LogP contribution is -3.00. The van der Waals surface area contributed by atoms with Crippen molar-refractivity contribution < 1.29 is 22.0 Å². The molecule has 1 aliphatic carbocycles. The molecule has 0 N–H and O–H groups in total. The second kappa shape index (κ2) is 9.81. The molecule has 4 heteroatoms. The fraction of sp³-hybridized carbons (Fsp3) is 0.0435. The van der Waals surface area contributed by atoms with Crippen LogP contribution in [0.3, 0.4) is 0 Å². The minimum Gasteiger partial charge on any atom is -1.00 e. The fourth-order valence-electron chi connectivity index (χ4n) is 2.69. The molecule has 0 bridgehead atoms. The monoisotopic (exact) mass is 394 g/mol. The van der Waals surface area contributed by atoms with Gasteiger partial charge in [0.15, 0.2) is 11.6 Å². The molecule has 2 nitrogen and oxygen atoms in total. The highest BCUT2D eigenvalue weighted by Gasteiger charge is 2.28. The predicted molar refractivity (Wildman–Crippen MR) is 108 cm³/mol. The van der Waals surface area contributed by atoms with Crippen LogP contribution in [0.1, 0.15) is 36.7 Å². The first-order valence-corrected chi connectivity index (χ1v) is 9.30. The van der Waals surface area contributed by atoms with Crippen molar-refractivity contribution in [3.63, 3.8) is 0 Å². The maximum Gasteiger partial charge on any atom is 0.194 e. The highest BCUT2D eigenvalue weighted by atomic mass is 35.5. The maximum absolute atomic E-state index is 12.1. The van der Waals surface area contributed by atoms with Crippen molar-refractivity contribution in [1.29, 1.82) is 0 Å². The molecule has 1 aromatic heterocycles. The van der Waals surface area contributed by atoms with E-state index in [-0.39, 0.29) is 24.0 Å². The molecular weight excluding hydrogens is 376 g/mol. The normalized spacial score (nSPS) is 11.0. The summed E-state index contributed by atoms with van der Waals surface area (Å²) in [6.07, 6.45) is 0. The minimum atomic E-state index is -0.0641. The Hall–Kier alpha value is -2.75. The summed E-state index contributed by atoms with van der Waals surface area (Å²) < 4.78 is 0. The third-order valence-corrected chi connectivity index (χ3v) is 4.86. The lowest BCUT2D eigenvalue weighted by molar-refractivity contribution is -0.0000190. The third-order valence-electron chi connectivity index (χ3n) is 3.98. The average molecular weight is 395 g/mol. The zero-order valence-corrected chi connectivity index (χ0v) is 16.5. The van der Waals surface area contributed by atoms with Crippen LogP contribution in [-0.2, 0) is 0 Å². The van der Waals surface area contributed by atoms with Crippen molar-refractivity contribution in [2.75, 3.05) is 0 Å². The molecule has 0 saturated carbocycles. The van der Waals surface area contributed by atoms with Gasteiger partial charge in [-0.2, -0.15) is 0 Å². The summed E-state index contributed by atoms with van der Waals surface area (Å²) >= 11 is 1.29. The lowest BCUT2D eigenvalue weighted by Gasteiger charge is -2.16. The molecule has 0 unspecified atom stereocenters. The quantitative estimate of drug-likeness (QED) is 0.429. The maximum atomic E-state index is 12.1. The smallest absolute Gasteiger partial charge is 0.194 e. The van der Waals surface area contributed by atoms with Gasteiger partial charge in [0.2, 0.25) is 0 Å². The second-order valence-electron chi connectivity index (χ2n) is 5.80. The molecule has 2 aromatic carbocycles. The van der Waals surface area contributed by atoms with Crippen molar-refractivity contribution in [3.05, 3.63) is 117 Å². The summed E-state index contributed by atoms with van der Waals surface area (Å²) in [5.74, 6) is -0.128. The van der Waals surface area contributed by atoms with Gasteiger partial charge < -0.3 is 12.4 Å².